The van der Waals surface area contributed by atoms with Crippen LogP contribution >= 0.6 is 0 Å². The Bertz CT molecular complexity index is 283. The van der Waals surface area contributed by atoms with Gasteiger partial charge in [-0.25, -0.2) is 0 Å². The van der Waals surface area contributed by atoms with E-state index in [1.54, 1.807) is 0 Å². The minimum absolute atomic E-state index is 0.507. The largest absolute Gasteiger partial charge is 0.311 e. The van der Waals surface area contributed by atoms with Crippen molar-refractivity contribution in [2.45, 2.75) is 110 Å². The fraction of sp³-hybridized carbons (Fsp3) is 1.00. The van der Waals surface area contributed by atoms with Gasteiger partial charge in [-0.05, 0) is 68.6 Å². The maximum Gasteiger partial charge on any atom is 0.00698 e. The van der Waals surface area contributed by atoms with E-state index in [4.69, 9.17) is 0 Å². The highest BCUT2D eigenvalue weighted by Crippen LogP contribution is 2.37. The molecule has 0 aliphatic heterocycles. The fourth-order valence-corrected chi connectivity index (χ4v) is 4.69. The van der Waals surface area contributed by atoms with Gasteiger partial charge in [-0.1, -0.05) is 47.0 Å². The van der Waals surface area contributed by atoms with Crippen molar-refractivity contribution in [3.8, 4) is 0 Å². The SMILES string of the molecule is CCCC1CCC(NC2CCCC(C(C)(C)C)CC2)CC1. The van der Waals surface area contributed by atoms with Gasteiger partial charge in [0.2, 0.25) is 0 Å². The average Bonchev–Trinajstić information content (AvgIpc) is 2.66. The van der Waals surface area contributed by atoms with Gasteiger partial charge in [0, 0.05) is 12.1 Å². The molecule has 21 heavy (non-hydrogen) atoms. The quantitative estimate of drug-likeness (QED) is 0.633. The van der Waals surface area contributed by atoms with E-state index in [2.05, 4.69) is 33.0 Å². The average molecular weight is 294 g/mol. The molecule has 2 rings (SSSR count). The lowest BCUT2D eigenvalue weighted by molar-refractivity contribution is 0.211. The first kappa shape index (κ1) is 17.3. The van der Waals surface area contributed by atoms with E-state index in [1.807, 2.05) is 0 Å². The molecule has 0 heterocycles. The monoisotopic (exact) mass is 293 g/mol. The van der Waals surface area contributed by atoms with Crippen molar-refractivity contribution < 1.29 is 0 Å². The van der Waals surface area contributed by atoms with Gasteiger partial charge in [0.05, 0.1) is 0 Å². The van der Waals surface area contributed by atoms with E-state index in [-0.39, 0.29) is 0 Å². The summed E-state index contributed by atoms with van der Waals surface area (Å²) in [4.78, 5) is 0. The van der Waals surface area contributed by atoms with Crippen LogP contribution in [0.15, 0.2) is 0 Å². The van der Waals surface area contributed by atoms with Gasteiger partial charge in [0.1, 0.15) is 0 Å². The molecular formula is C20H39N. The summed E-state index contributed by atoms with van der Waals surface area (Å²) in [6.07, 6.45) is 15.8. The zero-order chi connectivity index (χ0) is 15.3. The fourth-order valence-electron chi connectivity index (χ4n) is 4.69. The first-order chi connectivity index (χ1) is 9.99. The smallest absolute Gasteiger partial charge is 0.00698 e. The topological polar surface area (TPSA) is 12.0 Å². The molecule has 2 fully saturated rings. The molecule has 1 N–H and O–H groups in total. The van der Waals surface area contributed by atoms with E-state index < -0.39 is 0 Å². The van der Waals surface area contributed by atoms with Crippen molar-refractivity contribution in [2.24, 2.45) is 17.3 Å². The van der Waals surface area contributed by atoms with Crippen LogP contribution in [0.3, 0.4) is 0 Å². The minimum Gasteiger partial charge on any atom is -0.311 e. The van der Waals surface area contributed by atoms with Gasteiger partial charge >= 0.3 is 0 Å². The van der Waals surface area contributed by atoms with E-state index in [0.29, 0.717) is 5.41 Å². The highest BCUT2D eigenvalue weighted by molar-refractivity contribution is 4.85. The van der Waals surface area contributed by atoms with Crippen molar-refractivity contribution >= 4 is 0 Å². The second kappa shape index (κ2) is 7.99. The Labute approximate surface area is 133 Å². The zero-order valence-electron chi connectivity index (χ0n) is 15.1. The number of rotatable bonds is 4. The highest BCUT2D eigenvalue weighted by atomic mass is 14.9. The molecule has 0 aromatic heterocycles. The molecule has 1 nitrogen and oxygen atoms in total. The molecule has 0 saturated heterocycles. The summed E-state index contributed by atoms with van der Waals surface area (Å²) in [5.74, 6) is 1.97. The third-order valence-corrected chi connectivity index (χ3v) is 6.21. The molecular weight excluding hydrogens is 254 g/mol. The normalized spacial score (nSPS) is 35.4. The van der Waals surface area contributed by atoms with Gasteiger partial charge in [-0.3, -0.25) is 0 Å². The second-order valence-corrected chi connectivity index (χ2v) is 8.94. The lowest BCUT2D eigenvalue weighted by Gasteiger charge is -2.32. The van der Waals surface area contributed by atoms with E-state index in [0.717, 1.165) is 23.9 Å². The summed E-state index contributed by atoms with van der Waals surface area (Å²) in [5.41, 5.74) is 0.507. The Morgan fingerprint density at radius 2 is 1.43 bits per heavy atom. The molecule has 0 amide bonds. The van der Waals surface area contributed by atoms with E-state index in [1.165, 1.54) is 70.6 Å². The van der Waals surface area contributed by atoms with Crippen LogP contribution < -0.4 is 5.32 Å². The summed E-state index contributed by atoms with van der Waals surface area (Å²) < 4.78 is 0. The van der Waals surface area contributed by atoms with Gasteiger partial charge in [0.15, 0.2) is 0 Å². The molecule has 2 atom stereocenters. The van der Waals surface area contributed by atoms with Gasteiger partial charge < -0.3 is 5.32 Å². The van der Waals surface area contributed by atoms with Crippen molar-refractivity contribution in [3.63, 3.8) is 0 Å². The summed E-state index contributed by atoms with van der Waals surface area (Å²) in [5, 5.41) is 4.03. The Hall–Kier alpha value is -0.0400. The molecule has 0 bridgehead atoms. The predicted molar refractivity (Wildman–Crippen MR) is 93.6 cm³/mol. The van der Waals surface area contributed by atoms with E-state index in [9.17, 15) is 0 Å². The maximum absolute atomic E-state index is 4.03. The number of hydrogen-bond donors (Lipinski definition) is 1. The van der Waals surface area contributed by atoms with Crippen LogP contribution in [0.1, 0.15) is 98.3 Å². The molecule has 2 aliphatic carbocycles. The van der Waals surface area contributed by atoms with Gasteiger partial charge in [-0.15, -0.1) is 0 Å². The summed E-state index contributed by atoms with van der Waals surface area (Å²) >= 11 is 0. The highest BCUT2D eigenvalue weighted by Gasteiger charge is 2.29. The first-order valence-electron chi connectivity index (χ1n) is 9.75. The molecule has 0 aromatic rings. The van der Waals surface area contributed by atoms with Crippen molar-refractivity contribution in [3.05, 3.63) is 0 Å². The third-order valence-electron chi connectivity index (χ3n) is 6.21. The van der Waals surface area contributed by atoms with Gasteiger partial charge in [-0.2, -0.15) is 0 Å². The number of nitrogens with one attached hydrogen (secondary N) is 1. The van der Waals surface area contributed by atoms with Gasteiger partial charge in [0.25, 0.3) is 0 Å². The Morgan fingerprint density at radius 1 is 0.810 bits per heavy atom. The molecule has 0 aromatic carbocycles. The second-order valence-electron chi connectivity index (χ2n) is 8.94. The molecule has 2 unspecified atom stereocenters. The molecule has 124 valence electrons. The lowest BCUT2D eigenvalue weighted by Crippen LogP contribution is -2.40. The predicted octanol–water partition coefficient (Wildman–Crippen LogP) is 5.93. The van der Waals surface area contributed by atoms with Crippen LogP contribution in [-0.4, -0.2) is 12.1 Å². The van der Waals surface area contributed by atoms with Crippen molar-refractivity contribution in [1.82, 2.24) is 5.32 Å². The third kappa shape index (κ3) is 5.58. The number of hydrogen-bond acceptors (Lipinski definition) is 1. The van der Waals surface area contributed by atoms with Crippen LogP contribution in [0.2, 0.25) is 0 Å². The molecule has 1 heteroatoms. The minimum atomic E-state index is 0.507. The summed E-state index contributed by atoms with van der Waals surface area (Å²) in [7, 11) is 0. The van der Waals surface area contributed by atoms with Crippen LogP contribution in [-0.2, 0) is 0 Å². The molecule has 0 spiro atoms. The molecule has 0 radical (unpaired) electrons. The standard InChI is InChI=1S/C20H39N/c1-5-7-16-10-13-19(14-11-16)21-18-9-6-8-17(12-15-18)20(2,3)4/h16-19,21H,5-15H2,1-4H3. The van der Waals surface area contributed by atoms with Crippen molar-refractivity contribution in [2.75, 3.05) is 0 Å². The molecule has 2 aliphatic rings. The van der Waals surface area contributed by atoms with Crippen LogP contribution in [0.4, 0.5) is 0 Å². The maximum atomic E-state index is 4.03. The molecule has 2 saturated carbocycles. The van der Waals surface area contributed by atoms with Crippen LogP contribution in [0, 0.1) is 17.3 Å². The zero-order valence-corrected chi connectivity index (χ0v) is 15.1. The lowest BCUT2D eigenvalue weighted by atomic mass is 9.76. The van der Waals surface area contributed by atoms with Crippen LogP contribution in [0.25, 0.3) is 0 Å². The Balaban J connectivity index is 1.72. The van der Waals surface area contributed by atoms with E-state index >= 15 is 0 Å². The Morgan fingerprint density at radius 3 is 2.05 bits per heavy atom. The Kier molecular flexibility index (Phi) is 6.59. The summed E-state index contributed by atoms with van der Waals surface area (Å²) in [6.45, 7) is 9.63. The van der Waals surface area contributed by atoms with Crippen molar-refractivity contribution in [1.29, 1.82) is 0 Å². The first-order valence-corrected chi connectivity index (χ1v) is 9.75. The summed E-state index contributed by atoms with van der Waals surface area (Å²) in [6, 6.07) is 1.64. The van der Waals surface area contributed by atoms with Crippen LogP contribution in [0.5, 0.6) is 0 Å².